The number of nitrogens with two attached hydrogens (primary N) is 1. The summed E-state index contributed by atoms with van der Waals surface area (Å²) in [6.07, 6.45) is 5.20. The normalized spacial score (nSPS) is 10.3. The quantitative estimate of drug-likeness (QED) is 0.797. The number of nitrogen functional groups attached to an aromatic ring is 1. The van der Waals surface area contributed by atoms with Crippen molar-refractivity contribution in [3.05, 3.63) is 55.0 Å². The van der Waals surface area contributed by atoms with Gasteiger partial charge in [-0.25, -0.2) is 9.97 Å². The second-order valence-corrected chi connectivity index (χ2v) is 4.46. The summed E-state index contributed by atoms with van der Waals surface area (Å²) in [5, 5.41) is 0. The van der Waals surface area contributed by atoms with E-state index in [2.05, 4.69) is 15.0 Å². The van der Waals surface area contributed by atoms with Crippen molar-refractivity contribution in [2.75, 3.05) is 12.8 Å². The highest BCUT2D eigenvalue weighted by Gasteiger charge is 2.10. The lowest BCUT2D eigenvalue weighted by atomic mass is 10.0. The van der Waals surface area contributed by atoms with E-state index in [0.29, 0.717) is 0 Å². The first-order chi connectivity index (χ1) is 10.3. The molecule has 0 radical (unpaired) electrons. The van der Waals surface area contributed by atoms with Crippen molar-refractivity contribution < 1.29 is 4.74 Å². The molecule has 3 rings (SSSR count). The molecule has 2 aromatic heterocycles. The first-order valence-electron chi connectivity index (χ1n) is 6.45. The van der Waals surface area contributed by atoms with Gasteiger partial charge >= 0.3 is 0 Å². The van der Waals surface area contributed by atoms with E-state index in [9.17, 15) is 0 Å². The molecule has 1 aromatic carbocycles. The minimum Gasteiger partial charge on any atom is -0.496 e. The van der Waals surface area contributed by atoms with Gasteiger partial charge in [0.15, 0.2) is 0 Å². The summed E-state index contributed by atoms with van der Waals surface area (Å²) >= 11 is 0. The minimum atomic E-state index is 0.237. The van der Waals surface area contributed by atoms with Gasteiger partial charge in [-0.1, -0.05) is 12.1 Å². The van der Waals surface area contributed by atoms with Crippen LogP contribution in [0.15, 0.2) is 55.0 Å². The zero-order valence-electron chi connectivity index (χ0n) is 11.5. The van der Waals surface area contributed by atoms with Crippen molar-refractivity contribution in [2.45, 2.75) is 0 Å². The van der Waals surface area contributed by atoms with Crippen LogP contribution in [0.25, 0.3) is 22.4 Å². The molecule has 0 aliphatic rings. The molecule has 5 nitrogen and oxygen atoms in total. The lowest BCUT2D eigenvalue weighted by molar-refractivity contribution is 0.416. The van der Waals surface area contributed by atoms with Gasteiger partial charge in [0, 0.05) is 29.7 Å². The van der Waals surface area contributed by atoms with Crippen LogP contribution in [0, 0.1) is 0 Å². The summed E-state index contributed by atoms with van der Waals surface area (Å²) in [5.41, 5.74) is 9.33. The molecule has 3 aromatic rings. The largest absolute Gasteiger partial charge is 0.496 e. The summed E-state index contributed by atoms with van der Waals surface area (Å²) in [7, 11) is 1.63. The molecule has 2 heterocycles. The lowest BCUT2D eigenvalue weighted by Gasteiger charge is -2.10. The first kappa shape index (κ1) is 13.1. The molecule has 0 saturated heterocycles. The van der Waals surface area contributed by atoms with E-state index in [4.69, 9.17) is 10.5 Å². The molecular weight excluding hydrogens is 264 g/mol. The van der Waals surface area contributed by atoms with Crippen LogP contribution in [0.5, 0.6) is 5.75 Å². The van der Waals surface area contributed by atoms with Gasteiger partial charge in [0.2, 0.25) is 5.95 Å². The number of benzene rings is 1. The number of ether oxygens (including phenoxy) is 1. The number of aromatic nitrogens is 3. The Bertz CT molecular complexity index is 759. The minimum absolute atomic E-state index is 0.237. The first-order valence-corrected chi connectivity index (χ1v) is 6.45. The van der Waals surface area contributed by atoms with Crippen LogP contribution >= 0.6 is 0 Å². The van der Waals surface area contributed by atoms with Gasteiger partial charge in [0.05, 0.1) is 12.8 Å². The van der Waals surface area contributed by atoms with Crippen LogP contribution in [-0.2, 0) is 0 Å². The monoisotopic (exact) mass is 278 g/mol. The fraction of sp³-hybridized carbons (Fsp3) is 0.0625. The van der Waals surface area contributed by atoms with Crippen LogP contribution < -0.4 is 10.5 Å². The SMILES string of the molecule is COc1ccc(-c2cccnc2)cc1-c1ccnc(N)n1. The third kappa shape index (κ3) is 2.67. The van der Waals surface area contributed by atoms with Gasteiger partial charge in [-0.05, 0) is 29.8 Å². The van der Waals surface area contributed by atoms with Crippen LogP contribution in [-0.4, -0.2) is 22.1 Å². The van der Waals surface area contributed by atoms with Gasteiger partial charge in [-0.3, -0.25) is 4.98 Å². The van der Waals surface area contributed by atoms with Crippen molar-refractivity contribution in [2.24, 2.45) is 0 Å². The van der Waals surface area contributed by atoms with Gasteiger partial charge in [0.25, 0.3) is 0 Å². The molecule has 0 spiro atoms. The molecule has 2 N–H and O–H groups in total. The maximum Gasteiger partial charge on any atom is 0.220 e. The van der Waals surface area contributed by atoms with Crippen LogP contribution in [0.4, 0.5) is 5.95 Å². The van der Waals surface area contributed by atoms with Gasteiger partial charge in [-0.15, -0.1) is 0 Å². The van der Waals surface area contributed by atoms with Gasteiger partial charge in [-0.2, -0.15) is 0 Å². The Morgan fingerprint density at radius 1 is 1.05 bits per heavy atom. The third-order valence-corrected chi connectivity index (χ3v) is 3.14. The molecule has 104 valence electrons. The number of methoxy groups -OCH3 is 1. The fourth-order valence-electron chi connectivity index (χ4n) is 2.15. The highest BCUT2D eigenvalue weighted by atomic mass is 16.5. The van der Waals surface area contributed by atoms with Crippen molar-refractivity contribution in [1.29, 1.82) is 0 Å². The third-order valence-electron chi connectivity index (χ3n) is 3.14. The molecule has 0 atom stereocenters. The second-order valence-electron chi connectivity index (χ2n) is 4.46. The zero-order valence-corrected chi connectivity index (χ0v) is 11.5. The molecule has 0 aliphatic heterocycles. The molecular formula is C16H14N4O. The predicted molar refractivity (Wildman–Crippen MR) is 81.7 cm³/mol. The fourth-order valence-corrected chi connectivity index (χ4v) is 2.15. The van der Waals surface area contributed by atoms with E-state index in [1.165, 1.54) is 0 Å². The number of hydrogen-bond acceptors (Lipinski definition) is 5. The Morgan fingerprint density at radius 2 is 1.95 bits per heavy atom. The zero-order chi connectivity index (χ0) is 14.7. The number of hydrogen-bond donors (Lipinski definition) is 1. The van der Waals surface area contributed by atoms with E-state index >= 15 is 0 Å². The lowest BCUT2D eigenvalue weighted by Crippen LogP contribution is -1.97. The Labute approximate surface area is 122 Å². The molecule has 5 heteroatoms. The molecule has 0 unspecified atom stereocenters. The van der Waals surface area contributed by atoms with Crippen LogP contribution in [0.1, 0.15) is 0 Å². The van der Waals surface area contributed by atoms with Crippen LogP contribution in [0.3, 0.4) is 0 Å². The highest BCUT2D eigenvalue weighted by molar-refractivity contribution is 5.75. The van der Waals surface area contributed by atoms with Crippen molar-refractivity contribution >= 4 is 5.95 Å². The average molecular weight is 278 g/mol. The standard InChI is InChI=1S/C16H14N4O/c1-21-15-5-4-11(12-3-2-7-18-10-12)9-13(15)14-6-8-19-16(17)20-14/h2-10H,1H3,(H2,17,19,20). The molecule has 0 aliphatic carbocycles. The van der Waals surface area contributed by atoms with E-state index in [1.54, 1.807) is 25.6 Å². The van der Waals surface area contributed by atoms with Crippen LogP contribution in [0.2, 0.25) is 0 Å². The topological polar surface area (TPSA) is 73.9 Å². The summed E-state index contributed by atoms with van der Waals surface area (Å²) < 4.78 is 5.41. The number of pyridine rings is 1. The Kier molecular flexibility index (Phi) is 3.47. The average Bonchev–Trinajstić information content (AvgIpc) is 2.55. The smallest absolute Gasteiger partial charge is 0.220 e. The number of nitrogens with zero attached hydrogens (tertiary/aromatic N) is 3. The summed E-state index contributed by atoms with van der Waals surface area (Å²) in [6, 6.07) is 11.6. The van der Waals surface area contributed by atoms with Gasteiger partial charge < -0.3 is 10.5 Å². The molecule has 0 fully saturated rings. The molecule has 21 heavy (non-hydrogen) atoms. The maximum atomic E-state index is 5.66. The Hall–Kier alpha value is -2.95. The van der Waals surface area contributed by atoms with E-state index in [1.807, 2.05) is 36.5 Å². The number of anilines is 1. The van der Waals surface area contributed by atoms with Crippen molar-refractivity contribution in [1.82, 2.24) is 15.0 Å². The second kappa shape index (κ2) is 5.58. The number of rotatable bonds is 3. The molecule has 0 saturated carbocycles. The van der Waals surface area contributed by atoms with Gasteiger partial charge in [0.1, 0.15) is 5.75 Å². The molecule has 0 bridgehead atoms. The summed E-state index contributed by atoms with van der Waals surface area (Å²) in [5.74, 6) is 0.974. The molecule has 0 amide bonds. The van der Waals surface area contributed by atoms with E-state index in [-0.39, 0.29) is 5.95 Å². The maximum absolute atomic E-state index is 5.66. The van der Waals surface area contributed by atoms with E-state index in [0.717, 1.165) is 28.1 Å². The Morgan fingerprint density at radius 3 is 2.67 bits per heavy atom. The van der Waals surface area contributed by atoms with Crippen molar-refractivity contribution in [3.63, 3.8) is 0 Å². The summed E-state index contributed by atoms with van der Waals surface area (Å²) in [4.78, 5) is 12.3. The predicted octanol–water partition coefficient (Wildman–Crippen LogP) is 2.80. The summed E-state index contributed by atoms with van der Waals surface area (Å²) in [6.45, 7) is 0. The highest BCUT2D eigenvalue weighted by Crippen LogP contribution is 2.33. The van der Waals surface area contributed by atoms with E-state index < -0.39 is 0 Å². The Balaban J connectivity index is 2.14. The van der Waals surface area contributed by atoms with Crippen molar-refractivity contribution in [3.8, 4) is 28.1 Å².